The highest BCUT2D eigenvalue weighted by Crippen LogP contribution is 2.12. The molecule has 2 aromatic rings. The van der Waals surface area contributed by atoms with Crippen molar-refractivity contribution < 1.29 is 0 Å². The Kier molecular flexibility index (Phi) is 7.01. The van der Waals surface area contributed by atoms with E-state index in [1.54, 1.807) is 0 Å². The molecule has 0 bridgehead atoms. The lowest BCUT2D eigenvalue weighted by atomic mass is 10.2. The lowest BCUT2D eigenvalue weighted by molar-refractivity contribution is 0.707. The number of nitrogens with one attached hydrogen (secondary N) is 2. The topological polar surface area (TPSA) is 24.1 Å². The predicted molar refractivity (Wildman–Crippen MR) is 85.1 cm³/mol. The van der Waals surface area contributed by atoms with E-state index in [1.807, 2.05) is 6.07 Å². The molecule has 0 aliphatic heterocycles. The van der Waals surface area contributed by atoms with Gasteiger partial charge in [-0.3, -0.25) is 0 Å². The van der Waals surface area contributed by atoms with Crippen molar-refractivity contribution in [1.82, 2.24) is 5.32 Å². The lowest BCUT2D eigenvalue weighted by Gasteiger charge is -2.10. The van der Waals surface area contributed by atoms with Crippen LogP contribution >= 0.6 is 12.4 Å². The predicted octanol–water partition coefficient (Wildman–Crippen LogP) is 3.62. The zero-order valence-electron chi connectivity index (χ0n) is 11.2. The summed E-state index contributed by atoms with van der Waals surface area (Å²) < 4.78 is 0. The fraction of sp³-hybridized carbons (Fsp3) is 0.250. The van der Waals surface area contributed by atoms with Gasteiger partial charge in [-0.1, -0.05) is 48.5 Å². The van der Waals surface area contributed by atoms with Crippen LogP contribution in [-0.2, 0) is 6.54 Å². The number of anilines is 1. The second-order valence-corrected chi connectivity index (χ2v) is 4.40. The van der Waals surface area contributed by atoms with Crippen molar-refractivity contribution in [2.75, 3.05) is 18.4 Å². The number of hydrogen-bond donors (Lipinski definition) is 2. The summed E-state index contributed by atoms with van der Waals surface area (Å²) in [5.41, 5.74) is 3.84. The minimum atomic E-state index is 0. The number of benzene rings is 2. The van der Waals surface area contributed by atoms with E-state index < -0.39 is 0 Å². The molecule has 102 valence electrons. The maximum absolute atomic E-state index is 3.44. The van der Waals surface area contributed by atoms with Crippen LogP contribution in [0.4, 0.5) is 5.69 Å². The summed E-state index contributed by atoms with van der Waals surface area (Å²) in [7, 11) is 0. The van der Waals surface area contributed by atoms with Crippen LogP contribution in [0.1, 0.15) is 11.1 Å². The highest BCUT2D eigenvalue weighted by molar-refractivity contribution is 5.85. The van der Waals surface area contributed by atoms with Gasteiger partial charge in [-0.05, 0) is 24.1 Å². The summed E-state index contributed by atoms with van der Waals surface area (Å²) in [6.45, 7) is 4.96. The van der Waals surface area contributed by atoms with Gasteiger partial charge in [0.25, 0.3) is 0 Å². The van der Waals surface area contributed by atoms with Gasteiger partial charge in [-0.15, -0.1) is 12.4 Å². The molecule has 0 aromatic heterocycles. The Labute approximate surface area is 121 Å². The van der Waals surface area contributed by atoms with Gasteiger partial charge in [0.1, 0.15) is 0 Å². The van der Waals surface area contributed by atoms with Gasteiger partial charge >= 0.3 is 0 Å². The van der Waals surface area contributed by atoms with Gasteiger partial charge in [0.15, 0.2) is 0 Å². The Morgan fingerprint density at radius 3 is 2.26 bits per heavy atom. The third-order valence-corrected chi connectivity index (χ3v) is 2.93. The van der Waals surface area contributed by atoms with Crippen LogP contribution in [0.25, 0.3) is 0 Å². The zero-order chi connectivity index (χ0) is 12.6. The molecule has 0 amide bonds. The van der Waals surface area contributed by atoms with Gasteiger partial charge in [0, 0.05) is 25.3 Å². The summed E-state index contributed by atoms with van der Waals surface area (Å²) in [5.74, 6) is 0. The maximum Gasteiger partial charge on any atom is 0.0370 e. The molecule has 0 aliphatic rings. The number of rotatable bonds is 6. The minimum absolute atomic E-state index is 0. The van der Waals surface area contributed by atoms with Crippen molar-refractivity contribution in [1.29, 1.82) is 0 Å². The molecular weight excluding hydrogens is 256 g/mol. The van der Waals surface area contributed by atoms with E-state index in [4.69, 9.17) is 0 Å². The van der Waals surface area contributed by atoms with Crippen LogP contribution < -0.4 is 10.6 Å². The largest absolute Gasteiger partial charge is 0.384 e. The molecule has 0 radical (unpaired) electrons. The Balaban J connectivity index is 0.00000180. The van der Waals surface area contributed by atoms with E-state index in [1.165, 1.54) is 16.8 Å². The van der Waals surface area contributed by atoms with Crippen molar-refractivity contribution >= 4 is 18.1 Å². The molecule has 0 unspecified atom stereocenters. The zero-order valence-corrected chi connectivity index (χ0v) is 12.0. The van der Waals surface area contributed by atoms with Crippen molar-refractivity contribution in [3.63, 3.8) is 0 Å². The van der Waals surface area contributed by atoms with Gasteiger partial charge in [-0.25, -0.2) is 0 Å². The molecule has 2 N–H and O–H groups in total. The molecule has 19 heavy (non-hydrogen) atoms. The van der Waals surface area contributed by atoms with Crippen LogP contribution in [-0.4, -0.2) is 13.1 Å². The second-order valence-electron chi connectivity index (χ2n) is 4.40. The minimum Gasteiger partial charge on any atom is -0.384 e. The van der Waals surface area contributed by atoms with Crippen LogP contribution in [0, 0.1) is 6.92 Å². The van der Waals surface area contributed by atoms with Crippen LogP contribution in [0.3, 0.4) is 0 Å². The average molecular weight is 277 g/mol. The van der Waals surface area contributed by atoms with E-state index in [0.717, 1.165) is 19.6 Å². The van der Waals surface area contributed by atoms with Crippen molar-refractivity contribution in [3.05, 3.63) is 65.7 Å². The molecular formula is C16H21ClN2. The Bertz CT molecular complexity index is 471. The van der Waals surface area contributed by atoms with E-state index in [2.05, 4.69) is 66.1 Å². The Hall–Kier alpha value is -1.51. The van der Waals surface area contributed by atoms with Crippen molar-refractivity contribution in [2.45, 2.75) is 13.5 Å². The maximum atomic E-state index is 3.44. The first-order valence-electron chi connectivity index (χ1n) is 6.40. The SMILES string of the molecule is Cc1ccccc1NCCNCc1ccccc1.Cl. The van der Waals surface area contributed by atoms with Crippen LogP contribution in [0.5, 0.6) is 0 Å². The molecule has 0 saturated heterocycles. The number of hydrogen-bond acceptors (Lipinski definition) is 2. The fourth-order valence-electron chi connectivity index (χ4n) is 1.89. The highest BCUT2D eigenvalue weighted by atomic mass is 35.5. The highest BCUT2D eigenvalue weighted by Gasteiger charge is 1.95. The first kappa shape index (κ1) is 15.5. The normalized spacial score (nSPS) is 9.74. The van der Waals surface area contributed by atoms with Gasteiger partial charge in [-0.2, -0.15) is 0 Å². The first-order chi connectivity index (χ1) is 8.86. The van der Waals surface area contributed by atoms with Gasteiger partial charge < -0.3 is 10.6 Å². The first-order valence-corrected chi connectivity index (χ1v) is 6.40. The van der Waals surface area contributed by atoms with Gasteiger partial charge in [0.2, 0.25) is 0 Å². The second kappa shape index (κ2) is 8.57. The number of para-hydroxylation sites is 1. The van der Waals surface area contributed by atoms with Crippen molar-refractivity contribution in [3.8, 4) is 0 Å². The van der Waals surface area contributed by atoms with Gasteiger partial charge in [0.05, 0.1) is 0 Å². The summed E-state index contributed by atoms with van der Waals surface area (Å²) in [6, 6.07) is 18.8. The van der Waals surface area contributed by atoms with E-state index in [0.29, 0.717) is 0 Å². The molecule has 0 fully saturated rings. The summed E-state index contributed by atoms with van der Waals surface area (Å²) >= 11 is 0. The molecule has 0 saturated carbocycles. The lowest BCUT2D eigenvalue weighted by Crippen LogP contribution is -2.21. The smallest absolute Gasteiger partial charge is 0.0370 e. The number of aryl methyl sites for hydroxylation is 1. The summed E-state index contributed by atoms with van der Waals surface area (Å²) in [4.78, 5) is 0. The molecule has 0 atom stereocenters. The third kappa shape index (κ3) is 5.33. The van der Waals surface area contributed by atoms with Crippen LogP contribution in [0.15, 0.2) is 54.6 Å². The van der Waals surface area contributed by atoms with E-state index >= 15 is 0 Å². The molecule has 3 heteroatoms. The summed E-state index contributed by atoms with van der Waals surface area (Å²) in [6.07, 6.45) is 0. The molecule has 2 rings (SSSR count). The quantitative estimate of drug-likeness (QED) is 0.788. The molecule has 0 spiro atoms. The molecule has 0 heterocycles. The molecule has 2 aromatic carbocycles. The monoisotopic (exact) mass is 276 g/mol. The van der Waals surface area contributed by atoms with E-state index in [-0.39, 0.29) is 12.4 Å². The fourth-order valence-corrected chi connectivity index (χ4v) is 1.89. The van der Waals surface area contributed by atoms with E-state index in [9.17, 15) is 0 Å². The average Bonchev–Trinajstić information content (AvgIpc) is 2.42. The Morgan fingerprint density at radius 1 is 0.842 bits per heavy atom. The molecule has 2 nitrogen and oxygen atoms in total. The van der Waals surface area contributed by atoms with Crippen molar-refractivity contribution in [2.24, 2.45) is 0 Å². The Morgan fingerprint density at radius 2 is 1.53 bits per heavy atom. The van der Waals surface area contributed by atoms with Crippen LogP contribution in [0.2, 0.25) is 0 Å². The standard InChI is InChI=1S/C16H20N2.ClH/c1-14-7-5-6-10-16(14)18-12-11-17-13-15-8-3-2-4-9-15;/h2-10,17-18H,11-13H2,1H3;1H. The third-order valence-electron chi connectivity index (χ3n) is 2.93. The number of halogens is 1. The summed E-state index contributed by atoms with van der Waals surface area (Å²) in [5, 5.41) is 6.87. The molecule has 0 aliphatic carbocycles.